The van der Waals surface area contributed by atoms with Crippen LogP contribution < -0.4 is 11.1 Å². The van der Waals surface area contributed by atoms with Crippen molar-refractivity contribution in [1.29, 1.82) is 0 Å². The van der Waals surface area contributed by atoms with Crippen LogP contribution in [0.25, 0.3) is 0 Å². The predicted octanol–water partition coefficient (Wildman–Crippen LogP) is 1.71. The Balaban J connectivity index is 2.76. The van der Waals surface area contributed by atoms with Gasteiger partial charge in [-0.15, -0.1) is 0 Å². The van der Waals surface area contributed by atoms with Crippen LogP contribution in [0.2, 0.25) is 0 Å². The molecule has 1 atom stereocenters. The molecule has 0 aliphatic heterocycles. The standard InChI is InChI=1S/C13H20N2O/c1-9(2)12(8-14)15-13(16)11-7-5-4-6-10(11)3/h4-7,9,12H,8,14H2,1-3H3,(H,15,16). The number of benzene rings is 1. The molecule has 1 unspecified atom stereocenters. The molecule has 0 bridgehead atoms. The van der Waals surface area contributed by atoms with Crippen LogP contribution in [0, 0.1) is 12.8 Å². The summed E-state index contributed by atoms with van der Waals surface area (Å²) in [6, 6.07) is 7.59. The van der Waals surface area contributed by atoms with Crippen LogP contribution in [0.15, 0.2) is 24.3 Å². The van der Waals surface area contributed by atoms with Gasteiger partial charge in [0.2, 0.25) is 0 Å². The van der Waals surface area contributed by atoms with E-state index in [1.54, 1.807) is 0 Å². The van der Waals surface area contributed by atoms with E-state index >= 15 is 0 Å². The van der Waals surface area contributed by atoms with Gasteiger partial charge in [-0.05, 0) is 24.5 Å². The van der Waals surface area contributed by atoms with Crippen molar-refractivity contribution in [1.82, 2.24) is 5.32 Å². The Hall–Kier alpha value is -1.35. The molecule has 3 heteroatoms. The molecule has 0 aromatic heterocycles. The first kappa shape index (κ1) is 12.7. The van der Waals surface area contributed by atoms with E-state index in [9.17, 15) is 4.79 Å². The highest BCUT2D eigenvalue weighted by Gasteiger charge is 2.16. The third kappa shape index (κ3) is 3.07. The van der Waals surface area contributed by atoms with Gasteiger partial charge in [0.15, 0.2) is 0 Å². The highest BCUT2D eigenvalue weighted by molar-refractivity contribution is 5.95. The molecule has 0 fully saturated rings. The molecule has 0 saturated carbocycles. The molecular weight excluding hydrogens is 200 g/mol. The van der Waals surface area contributed by atoms with Crippen LogP contribution in [0.5, 0.6) is 0 Å². The van der Waals surface area contributed by atoms with Crippen molar-refractivity contribution in [2.45, 2.75) is 26.8 Å². The van der Waals surface area contributed by atoms with E-state index in [0.717, 1.165) is 11.1 Å². The highest BCUT2D eigenvalue weighted by atomic mass is 16.1. The smallest absolute Gasteiger partial charge is 0.251 e. The fraction of sp³-hybridized carbons (Fsp3) is 0.462. The number of hydrogen-bond acceptors (Lipinski definition) is 2. The molecule has 0 saturated heterocycles. The summed E-state index contributed by atoms with van der Waals surface area (Å²) in [4.78, 5) is 12.0. The van der Waals surface area contributed by atoms with Crippen molar-refractivity contribution < 1.29 is 4.79 Å². The summed E-state index contributed by atoms with van der Waals surface area (Å²) in [5, 5.41) is 2.96. The van der Waals surface area contributed by atoms with E-state index in [4.69, 9.17) is 5.73 Å². The maximum Gasteiger partial charge on any atom is 0.251 e. The quantitative estimate of drug-likeness (QED) is 0.811. The van der Waals surface area contributed by atoms with Crippen LogP contribution in [0.1, 0.15) is 29.8 Å². The zero-order chi connectivity index (χ0) is 12.1. The lowest BCUT2D eigenvalue weighted by atomic mass is 10.0. The maximum atomic E-state index is 12.0. The monoisotopic (exact) mass is 220 g/mol. The Labute approximate surface area is 97.0 Å². The molecule has 1 rings (SSSR count). The number of carbonyl (C=O) groups is 1. The summed E-state index contributed by atoms with van der Waals surface area (Å²) in [6.45, 7) is 6.50. The molecule has 16 heavy (non-hydrogen) atoms. The van der Waals surface area contributed by atoms with Gasteiger partial charge in [-0.2, -0.15) is 0 Å². The minimum Gasteiger partial charge on any atom is -0.348 e. The normalized spacial score (nSPS) is 12.6. The molecule has 3 N–H and O–H groups in total. The molecular formula is C13H20N2O. The summed E-state index contributed by atoms with van der Waals surface area (Å²) in [7, 11) is 0. The highest BCUT2D eigenvalue weighted by Crippen LogP contribution is 2.08. The van der Waals surface area contributed by atoms with Crippen molar-refractivity contribution in [3.8, 4) is 0 Å². The largest absolute Gasteiger partial charge is 0.348 e. The third-order valence-corrected chi connectivity index (χ3v) is 2.76. The lowest BCUT2D eigenvalue weighted by Gasteiger charge is -2.20. The van der Waals surface area contributed by atoms with Crippen LogP contribution in [0.4, 0.5) is 0 Å². The molecule has 88 valence electrons. The van der Waals surface area contributed by atoms with Crippen molar-refractivity contribution in [2.24, 2.45) is 11.7 Å². The topological polar surface area (TPSA) is 55.1 Å². The zero-order valence-corrected chi connectivity index (χ0v) is 10.2. The summed E-state index contributed by atoms with van der Waals surface area (Å²) >= 11 is 0. The number of amides is 1. The van der Waals surface area contributed by atoms with E-state index in [0.29, 0.717) is 12.5 Å². The molecule has 3 nitrogen and oxygen atoms in total. The van der Waals surface area contributed by atoms with E-state index in [1.165, 1.54) is 0 Å². The molecule has 0 aliphatic rings. The SMILES string of the molecule is Cc1ccccc1C(=O)NC(CN)C(C)C. The summed E-state index contributed by atoms with van der Waals surface area (Å²) in [5.74, 6) is 0.306. The number of nitrogens with two attached hydrogens (primary N) is 1. The van der Waals surface area contributed by atoms with Gasteiger partial charge < -0.3 is 11.1 Å². The Morgan fingerprint density at radius 1 is 1.38 bits per heavy atom. The number of aryl methyl sites for hydroxylation is 1. The minimum absolute atomic E-state index is 0.0344. The predicted molar refractivity (Wildman–Crippen MR) is 66.3 cm³/mol. The van der Waals surface area contributed by atoms with Gasteiger partial charge in [0, 0.05) is 18.2 Å². The van der Waals surface area contributed by atoms with Crippen LogP contribution in [0.3, 0.4) is 0 Å². The van der Waals surface area contributed by atoms with Gasteiger partial charge in [0.25, 0.3) is 5.91 Å². The second-order valence-corrected chi connectivity index (χ2v) is 4.37. The van der Waals surface area contributed by atoms with Crippen LogP contribution >= 0.6 is 0 Å². The number of hydrogen-bond donors (Lipinski definition) is 2. The average Bonchev–Trinajstić information content (AvgIpc) is 2.25. The molecule has 0 heterocycles. The van der Waals surface area contributed by atoms with Crippen molar-refractivity contribution >= 4 is 5.91 Å². The first-order valence-electron chi connectivity index (χ1n) is 5.62. The van der Waals surface area contributed by atoms with E-state index < -0.39 is 0 Å². The van der Waals surface area contributed by atoms with E-state index in [1.807, 2.05) is 31.2 Å². The second kappa shape index (κ2) is 5.66. The Morgan fingerprint density at radius 3 is 2.50 bits per heavy atom. The molecule has 0 aliphatic carbocycles. The summed E-state index contributed by atoms with van der Waals surface area (Å²) in [5.41, 5.74) is 7.33. The fourth-order valence-electron chi connectivity index (χ4n) is 1.57. The Morgan fingerprint density at radius 2 is 2.00 bits per heavy atom. The van der Waals surface area contributed by atoms with Crippen molar-refractivity contribution in [2.75, 3.05) is 6.54 Å². The molecule has 1 aromatic carbocycles. The van der Waals surface area contributed by atoms with Gasteiger partial charge in [-0.1, -0.05) is 32.0 Å². The average molecular weight is 220 g/mol. The third-order valence-electron chi connectivity index (χ3n) is 2.76. The van der Waals surface area contributed by atoms with E-state index in [2.05, 4.69) is 19.2 Å². The fourth-order valence-corrected chi connectivity index (χ4v) is 1.57. The number of carbonyl (C=O) groups excluding carboxylic acids is 1. The van der Waals surface area contributed by atoms with Crippen molar-refractivity contribution in [3.05, 3.63) is 35.4 Å². The molecule has 1 aromatic rings. The molecule has 1 amide bonds. The van der Waals surface area contributed by atoms with Gasteiger partial charge >= 0.3 is 0 Å². The number of nitrogens with one attached hydrogen (secondary N) is 1. The zero-order valence-electron chi connectivity index (χ0n) is 10.2. The lowest BCUT2D eigenvalue weighted by molar-refractivity contribution is 0.0927. The van der Waals surface area contributed by atoms with Gasteiger partial charge in [0.05, 0.1) is 0 Å². The molecule has 0 spiro atoms. The van der Waals surface area contributed by atoms with Gasteiger partial charge in [-0.25, -0.2) is 0 Å². The lowest BCUT2D eigenvalue weighted by Crippen LogP contribution is -2.43. The summed E-state index contributed by atoms with van der Waals surface area (Å²) in [6.07, 6.45) is 0. The van der Waals surface area contributed by atoms with Gasteiger partial charge in [-0.3, -0.25) is 4.79 Å². The van der Waals surface area contributed by atoms with Crippen LogP contribution in [-0.2, 0) is 0 Å². The number of rotatable bonds is 4. The van der Waals surface area contributed by atoms with Crippen molar-refractivity contribution in [3.63, 3.8) is 0 Å². The van der Waals surface area contributed by atoms with E-state index in [-0.39, 0.29) is 11.9 Å². The first-order valence-corrected chi connectivity index (χ1v) is 5.62. The van der Waals surface area contributed by atoms with Crippen LogP contribution in [-0.4, -0.2) is 18.5 Å². The molecule has 0 radical (unpaired) electrons. The maximum absolute atomic E-state index is 12.0. The Kier molecular flexibility index (Phi) is 4.50. The minimum atomic E-state index is -0.0396. The Bertz CT molecular complexity index is 361. The summed E-state index contributed by atoms with van der Waals surface area (Å²) < 4.78 is 0. The van der Waals surface area contributed by atoms with Gasteiger partial charge in [0.1, 0.15) is 0 Å². The second-order valence-electron chi connectivity index (χ2n) is 4.37. The first-order chi connectivity index (χ1) is 7.56.